The van der Waals surface area contributed by atoms with E-state index in [1.54, 1.807) is 17.0 Å². The lowest BCUT2D eigenvalue weighted by molar-refractivity contribution is -0.138. The van der Waals surface area contributed by atoms with Crippen molar-refractivity contribution in [1.29, 1.82) is 0 Å². The second-order valence-electron chi connectivity index (χ2n) is 7.65. The largest absolute Gasteiger partial charge is 0.496 e. The Hall–Kier alpha value is -1.95. The van der Waals surface area contributed by atoms with Gasteiger partial charge in [-0.1, -0.05) is 18.5 Å². The third-order valence-corrected chi connectivity index (χ3v) is 6.10. The molecule has 148 valence electrons. The highest BCUT2D eigenvalue weighted by Crippen LogP contribution is 2.31. The number of piperidine rings is 2. The van der Waals surface area contributed by atoms with E-state index in [0.717, 1.165) is 25.9 Å². The smallest absolute Gasteiger partial charge is 0.257 e. The molecule has 7 heteroatoms. The van der Waals surface area contributed by atoms with Crippen LogP contribution in [0.3, 0.4) is 0 Å². The molecule has 27 heavy (non-hydrogen) atoms. The number of amides is 2. The molecule has 0 atom stereocenters. The normalized spacial score (nSPS) is 19.2. The van der Waals surface area contributed by atoms with E-state index >= 15 is 0 Å². The third-order valence-electron chi connectivity index (χ3n) is 5.78. The number of rotatable bonds is 3. The number of carbonyl (C=O) groups excluding carboxylic acids is 2. The first kappa shape index (κ1) is 19.8. The molecule has 2 amide bonds. The number of nitrogens with zero attached hydrogens (tertiary/aromatic N) is 2. The maximum atomic E-state index is 12.9. The van der Waals surface area contributed by atoms with Crippen molar-refractivity contribution >= 4 is 29.1 Å². The van der Waals surface area contributed by atoms with Crippen molar-refractivity contribution < 1.29 is 14.3 Å². The molecule has 0 bridgehead atoms. The van der Waals surface area contributed by atoms with E-state index in [2.05, 4.69) is 6.92 Å². The number of benzene rings is 1. The van der Waals surface area contributed by atoms with Gasteiger partial charge < -0.3 is 20.3 Å². The number of carbonyl (C=O) groups is 2. The summed E-state index contributed by atoms with van der Waals surface area (Å²) in [5.74, 6) is 1.26. The molecule has 0 aromatic heterocycles. The molecule has 2 fully saturated rings. The lowest BCUT2D eigenvalue weighted by Crippen LogP contribution is -2.46. The van der Waals surface area contributed by atoms with Gasteiger partial charge in [0.2, 0.25) is 5.91 Å². The van der Waals surface area contributed by atoms with Crippen molar-refractivity contribution in [3.05, 3.63) is 22.7 Å². The number of nitrogen functional groups attached to an aromatic ring is 1. The molecule has 1 aromatic rings. The van der Waals surface area contributed by atoms with Crippen LogP contribution < -0.4 is 10.5 Å². The average molecular weight is 394 g/mol. The second kappa shape index (κ2) is 8.38. The Morgan fingerprint density at radius 3 is 2.26 bits per heavy atom. The number of hydrogen-bond acceptors (Lipinski definition) is 4. The SMILES string of the molecule is COc1cc(N)c(Cl)cc1C(=O)N1CCC(C(=O)N2CCC(C)CC2)CC1. The second-order valence-corrected chi connectivity index (χ2v) is 8.06. The first-order chi connectivity index (χ1) is 12.9. The molecule has 2 aliphatic heterocycles. The number of hydrogen-bond donors (Lipinski definition) is 1. The third kappa shape index (κ3) is 4.32. The molecule has 0 radical (unpaired) electrons. The lowest BCUT2D eigenvalue weighted by Gasteiger charge is -2.36. The van der Waals surface area contributed by atoms with Crippen LogP contribution in [0, 0.1) is 11.8 Å². The molecule has 2 N–H and O–H groups in total. The van der Waals surface area contributed by atoms with Crippen LogP contribution in [0.25, 0.3) is 0 Å². The summed E-state index contributed by atoms with van der Waals surface area (Å²) in [4.78, 5) is 29.4. The fraction of sp³-hybridized carbons (Fsp3) is 0.600. The fourth-order valence-corrected chi connectivity index (χ4v) is 4.06. The molecule has 0 saturated carbocycles. The highest BCUT2D eigenvalue weighted by atomic mass is 35.5. The first-order valence-corrected chi connectivity index (χ1v) is 9.99. The quantitative estimate of drug-likeness (QED) is 0.801. The van der Waals surface area contributed by atoms with Gasteiger partial charge in [-0.25, -0.2) is 0 Å². The van der Waals surface area contributed by atoms with Crippen LogP contribution in [0.15, 0.2) is 12.1 Å². The zero-order chi connectivity index (χ0) is 19.6. The maximum absolute atomic E-state index is 12.9. The average Bonchev–Trinajstić information content (AvgIpc) is 2.69. The minimum atomic E-state index is -0.133. The van der Waals surface area contributed by atoms with Crippen LogP contribution in [0.2, 0.25) is 5.02 Å². The van der Waals surface area contributed by atoms with Crippen LogP contribution in [-0.2, 0) is 4.79 Å². The molecular weight excluding hydrogens is 366 g/mol. The Balaban J connectivity index is 1.61. The van der Waals surface area contributed by atoms with Crippen molar-refractivity contribution in [2.75, 3.05) is 39.0 Å². The number of nitrogens with two attached hydrogens (primary N) is 1. The van der Waals surface area contributed by atoms with Gasteiger partial charge in [0.1, 0.15) is 5.75 Å². The summed E-state index contributed by atoms with van der Waals surface area (Å²) in [6.07, 6.45) is 3.56. The van der Waals surface area contributed by atoms with Gasteiger partial charge in [-0.3, -0.25) is 9.59 Å². The Bertz CT molecular complexity index is 709. The fourth-order valence-electron chi connectivity index (χ4n) is 3.89. The van der Waals surface area contributed by atoms with E-state index in [0.29, 0.717) is 53.9 Å². The molecule has 2 aliphatic rings. The molecule has 3 rings (SSSR count). The van der Waals surface area contributed by atoms with Gasteiger partial charge in [0.05, 0.1) is 23.4 Å². The summed E-state index contributed by atoms with van der Waals surface area (Å²) in [7, 11) is 1.50. The maximum Gasteiger partial charge on any atom is 0.257 e. The standard InChI is InChI=1S/C20H28ClN3O3/c1-13-3-7-23(8-4-13)19(25)14-5-9-24(10-6-14)20(26)15-11-16(21)17(22)12-18(15)27-2/h11-14H,3-10,22H2,1-2H3. The Morgan fingerprint density at radius 1 is 1.07 bits per heavy atom. The minimum absolute atomic E-state index is 0.0133. The lowest BCUT2D eigenvalue weighted by atomic mass is 9.92. The number of ether oxygens (including phenoxy) is 1. The van der Waals surface area contributed by atoms with E-state index in [9.17, 15) is 9.59 Å². The first-order valence-electron chi connectivity index (χ1n) is 9.61. The zero-order valence-corrected chi connectivity index (χ0v) is 16.8. The van der Waals surface area contributed by atoms with Gasteiger partial charge >= 0.3 is 0 Å². The van der Waals surface area contributed by atoms with E-state index < -0.39 is 0 Å². The summed E-state index contributed by atoms with van der Waals surface area (Å²) in [5, 5.41) is 0.337. The summed E-state index contributed by atoms with van der Waals surface area (Å²) in [6.45, 7) is 5.08. The van der Waals surface area contributed by atoms with Crippen LogP contribution in [0.5, 0.6) is 5.75 Å². The highest BCUT2D eigenvalue weighted by Gasteiger charge is 2.32. The van der Waals surface area contributed by atoms with E-state index in [1.165, 1.54) is 7.11 Å². The number of methoxy groups -OCH3 is 1. The molecule has 0 aliphatic carbocycles. The molecule has 1 aromatic carbocycles. The monoisotopic (exact) mass is 393 g/mol. The van der Waals surface area contributed by atoms with Crippen molar-refractivity contribution in [3.8, 4) is 5.75 Å². The van der Waals surface area contributed by atoms with Crippen molar-refractivity contribution in [2.24, 2.45) is 11.8 Å². The van der Waals surface area contributed by atoms with Crippen molar-refractivity contribution in [3.63, 3.8) is 0 Å². The van der Waals surface area contributed by atoms with E-state index in [1.807, 2.05) is 4.90 Å². The number of halogens is 1. The number of likely N-dealkylation sites (tertiary alicyclic amines) is 2. The summed E-state index contributed by atoms with van der Waals surface area (Å²) in [5.41, 5.74) is 6.58. The van der Waals surface area contributed by atoms with Gasteiger partial charge in [-0.05, 0) is 37.7 Å². The Kier molecular flexibility index (Phi) is 6.15. The minimum Gasteiger partial charge on any atom is -0.496 e. The predicted molar refractivity (Wildman–Crippen MR) is 106 cm³/mol. The van der Waals surface area contributed by atoms with Gasteiger partial charge in [0.25, 0.3) is 5.91 Å². The molecule has 2 heterocycles. The molecular formula is C20H28ClN3O3. The summed E-state index contributed by atoms with van der Waals surface area (Å²) >= 11 is 6.09. The van der Waals surface area contributed by atoms with Crippen LogP contribution in [-0.4, -0.2) is 54.9 Å². The van der Waals surface area contributed by atoms with Gasteiger partial charge in [-0.2, -0.15) is 0 Å². The van der Waals surface area contributed by atoms with Crippen LogP contribution >= 0.6 is 11.6 Å². The van der Waals surface area contributed by atoms with Gasteiger partial charge in [-0.15, -0.1) is 0 Å². The Labute approximate surface area is 165 Å². The van der Waals surface area contributed by atoms with Crippen molar-refractivity contribution in [2.45, 2.75) is 32.6 Å². The zero-order valence-electron chi connectivity index (χ0n) is 16.0. The van der Waals surface area contributed by atoms with Crippen LogP contribution in [0.1, 0.15) is 43.0 Å². The molecule has 2 saturated heterocycles. The van der Waals surface area contributed by atoms with E-state index in [4.69, 9.17) is 22.1 Å². The molecule has 0 unspecified atom stereocenters. The number of anilines is 1. The van der Waals surface area contributed by atoms with Crippen LogP contribution in [0.4, 0.5) is 5.69 Å². The molecule has 6 nitrogen and oxygen atoms in total. The van der Waals surface area contributed by atoms with Crippen molar-refractivity contribution in [1.82, 2.24) is 9.80 Å². The molecule has 0 spiro atoms. The van der Waals surface area contributed by atoms with Gasteiger partial charge in [0, 0.05) is 38.2 Å². The van der Waals surface area contributed by atoms with Gasteiger partial charge in [0.15, 0.2) is 0 Å². The topological polar surface area (TPSA) is 75.9 Å². The summed E-state index contributed by atoms with van der Waals surface area (Å²) < 4.78 is 5.29. The Morgan fingerprint density at radius 2 is 1.67 bits per heavy atom. The van der Waals surface area contributed by atoms with E-state index in [-0.39, 0.29) is 17.7 Å². The summed E-state index contributed by atoms with van der Waals surface area (Å²) in [6, 6.07) is 3.13. The predicted octanol–water partition coefficient (Wildman–Crippen LogP) is 3.04. The highest BCUT2D eigenvalue weighted by molar-refractivity contribution is 6.33.